The van der Waals surface area contributed by atoms with Gasteiger partial charge in [-0.3, -0.25) is 0 Å². The van der Waals surface area contributed by atoms with Crippen molar-refractivity contribution >= 4 is 0 Å². The molecule has 0 aliphatic carbocycles. The Bertz CT molecular complexity index is 1260. The van der Waals surface area contributed by atoms with Gasteiger partial charge in [-0.25, -0.2) is 0 Å². The molecule has 3 aliphatic rings. The van der Waals surface area contributed by atoms with E-state index in [4.69, 9.17) is 23.7 Å². The third-order valence-corrected chi connectivity index (χ3v) is 7.05. The molecule has 2 fully saturated rings. The van der Waals surface area contributed by atoms with Crippen molar-refractivity contribution in [1.82, 2.24) is 0 Å². The van der Waals surface area contributed by atoms with Crippen LogP contribution in [0.5, 0.6) is 23.0 Å². The minimum absolute atomic E-state index is 0.220. The minimum Gasteiger partial charge on any atom is -0.491 e. The number of rotatable bonds is 8. The molecule has 0 aromatic heterocycles. The summed E-state index contributed by atoms with van der Waals surface area (Å²) in [6.45, 7) is 2.72. The monoisotopic (exact) mass is 478 g/mol. The van der Waals surface area contributed by atoms with E-state index in [1.54, 1.807) is 0 Å². The molecule has 0 radical (unpaired) electrons. The molecular formula is C31H26O5. The SMILES string of the molecule is c1ccc2c(c1)Oc1ccccc1C2(c1ccc(OCC2CO2)cc1)c1ccc(OCC2CO2)cc1. The van der Waals surface area contributed by atoms with Gasteiger partial charge >= 0.3 is 0 Å². The van der Waals surface area contributed by atoms with E-state index in [1.165, 1.54) is 0 Å². The number of ether oxygens (including phenoxy) is 5. The maximum absolute atomic E-state index is 6.39. The highest BCUT2D eigenvalue weighted by molar-refractivity contribution is 5.69. The van der Waals surface area contributed by atoms with Crippen LogP contribution < -0.4 is 14.2 Å². The summed E-state index contributed by atoms with van der Waals surface area (Å²) in [6.07, 6.45) is 0.440. The lowest BCUT2D eigenvalue weighted by Gasteiger charge is -2.41. The fraction of sp³-hybridized carbons (Fsp3) is 0.226. The molecular weight excluding hydrogens is 452 g/mol. The van der Waals surface area contributed by atoms with E-state index in [9.17, 15) is 0 Å². The molecule has 4 aromatic carbocycles. The zero-order valence-electron chi connectivity index (χ0n) is 19.8. The third kappa shape index (κ3) is 3.81. The molecule has 0 N–H and O–H groups in total. The van der Waals surface area contributed by atoms with Gasteiger partial charge in [0.2, 0.25) is 0 Å². The second-order valence-corrected chi connectivity index (χ2v) is 9.43. The van der Waals surface area contributed by atoms with Gasteiger partial charge in [0.05, 0.1) is 18.6 Å². The second-order valence-electron chi connectivity index (χ2n) is 9.43. The van der Waals surface area contributed by atoms with E-state index in [0.717, 1.165) is 58.5 Å². The Kier molecular flexibility index (Phi) is 5.19. The largest absolute Gasteiger partial charge is 0.491 e. The van der Waals surface area contributed by atoms with Gasteiger partial charge in [0.25, 0.3) is 0 Å². The van der Waals surface area contributed by atoms with Crippen LogP contribution in [0.1, 0.15) is 22.3 Å². The Morgan fingerprint density at radius 3 is 1.42 bits per heavy atom. The highest BCUT2D eigenvalue weighted by Gasteiger charge is 2.45. The van der Waals surface area contributed by atoms with Crippen molar-refractivity contribution in [2.24, 2.45) is 0 Å². The maximum Gasteiger partial charge on any atom is 0.132 e. The lowest BCUT2D eigenvalue weighted by molar-refractivity contribution is 0.263. The first-order valence-corrected chi connectivity index (χ1v) is 12.4. The van der Waals surface area contributed by atoms with E-state index < -0.39 is 5.41 Å². The first-order valence-electron chi connectivity index (χ1n) is 12.4. The summed E-state index contributed by atoms with van der Waals surface area (Å²) in [6, 6.07) is 33.4. The van der Waals surface area contributed by atoms with Gasteiger partial charge in [-0.15, -0.1) is 0 Å². The first-order chi connectivity index (χ1) is 17.8. The molecule has 36 heavy (non-hydrogen) atoms. The zero-order valence-corrected chi connectivity index (χ0v) is 19.8. The van der Waals surface area contributed by atoms with Crippen LogP contribution in [0.15, 0.2) is 97.1 Å². The summed E-state index contributed by atoms with van der Waals surface area (Å²) in [7, 11) is 0. The fourth-order valence-corrected chi connectivity index (χ4v) is 5.09. The van der Waals surface area contributed by atoms with Crippen molar-refractivity contribution in [2.75, 3.05) is 26.4 Å². The van der Waals surface area contributed by atoms with Crippen molar-refractivity contribution in [3.63, 3.8) is 0 Å². The molecule has 180 valence electrons. The summed E-state index contributed by atoms with van der Waals surface area (Å²) in [5.74, 6) is 3.38. The van der Waals surface area contributed by atoms with Crippen LogP contribution in [-0.2, 0) is 14.9 Å². The molecule has 3 aliphatic heterocycles. The maximum atomic E-state index is 6.39. The average Bonchev–Trinajstić information content (AvgIpc) is 3.86. The predicted molar refractivity (Wildman–Crippen MR) is 135 cm³/mol. The molecule has 0 amide bonds. The van der Waals surface area contributed by atoms with E-state index in [1.807, 2.05) is 48.5 Å². The normalized spacial score (nSPS) is 20.4. The number of benzene rings is 4. The number of para-hydroxylation sites is 2. The van der Waals surface area contributed by atoms with Crippen LogP contribution in [0.25, 0.3) is 0 Å². The summed E-state index contributed by atoms with van der Waals surface area (Å²) < 4.78 is 28.8. The van der Waals surface area contributed by atoms with Crippen LogP contribution in [0, 0.1) is 0 Å². The molecule has 5 heteroatoms. The fourth-order valence-electron chi connectivity index (χ4n) is 5.09. The number of hydrogen-bond donors (Lipinski definition) is 0. The van der Waals surface area contributed by atoms with Gasteiger partial charge in [-0.05, 0) is 47.5 Å². The average molecular weight is 479 g/mol. The van der Waals surface area contributed by atoms with Crippen molar-refractivity contribution in [1.29, 1.82) is 0 Å². The molecule has 2 atom stereocenters. The molecule has 2 saturated heterocycles. The zero-order chi connectivity index (χ0) is 24.0. The Morgan fingerprint density at radius 2 is 1.00 bits per heavy atom. The Morgan fingerprint density at radius 1 is 0.583 bits per heavy atom. The molecule has 3 heterocycles. The van der Waals surface area contributed by atoms with Crippen LogP contribution >= 0.6 is 0 Å². The van der Waals surface area contributed by atoms with E-state index in [2.05, 4.69) is 48.5 Å². The summed E-state index contributed by atoms with van der Waals surface area (Å²) >= 11 is 0. The van der Waals surface area contributed by atoms with Crippen molar-refractivity contribution in [2.45, 2.75) is 17.6 Å². The molecule has 7 rings (SSSR count). The first kappa shape index (κ1) is 21.5. The molecule has 2 unspecified atom stereocenters. The lowest BCUT2D eigenvalue weighted by Crippen LogP contribution is -2.34. The van der Waals surface area contributed by atoms with Gasteiger partial charge in [0.15, 0.2) is 0 Å². The van der Waals surface area contributed by atoms with E-state index in [0.29, 0.717) is 13.2 Å². The highest BCUT2D eigenvalue weighted by atomic mass is 16.6. The summed E-state index contributed by atoms with van der Waals surface area (Å²) in [5.41, 5.74) is 3.91. The Hall–Kier alpha value is -3.80. The number of hydrogen-bond acceptors (Lipinski definition) is 5. The predicted octanol–water partition coefficient (Wildman–Crippen LogP) is 5.73. The number of fused-ring (bicyclic) bond motifs is 2. The van der Waals surface area contributed by atoms with E-state index >= 15 is 0 Å². The Balaban J connectivity index is 1.37. The van der Waals surface area contributed by atoms with Crippen molar-refractivity contribution < 1.29 is 23.7 Å². The van der Waals surface area contributed by atoms with Gasteiger partial charge in [-0.2, -0.15) is 0 Å². The van der Waals surface area contributed by atoms with Crippen LogP contribution in [0.2, 0.25) is 0 Å². The van der Waals surface area contributed by atoms with Crippen molar-refractivity contribution in [3.05, 3.63) is 119 Å². The van der Waals surface area contributed by atoms with Gasteiger partial charge in [0, 0.05) is 11.1 Å². The third-order valence-electron chi connectivity index (χ3n) is 7.05. The minimum atomic E-state index is -0.568. The van der Waals surface area contributed by atoms with Crippen LogP contribution in [-0.4, -0.2) is 38.6 Å². The second kappa shape index (κ2) is 8.70. The standard InChI is InChI=1S/C31H26O5/c1-3-7-29-27(5-1)31(28-6-2-4-8-30(28)36-29,21-9-13-23(14-10-21)32-17-25-19-34-25)22-11-15-24(16-12-22)33-18-26-20-35-26/h1-16,25-26H,17-20H2. The molecule has 0 saturated carbocycles. The van der Waals surface area contributed by atoms with Crippen LogP contribution in [0.3, 0.4) is 0 Å². The molecule has 4 aromatic rings. The van der Waals surface area contributed by atoms with E-state index in [-0.39, 0.29) is 12.2 Å². The van der Waals surface area contributed by atoms with Crippen molar-refractivity contribution in [3.8, 4) is 23.0 Å². The lowest BCUT2D eigenvalue weighted by atomic mass is 9.63. The summed E-state index contributed by atoms with van der Waals surface area (Å²) in [4.78, 5) is 0. The molecule has 0 spiro atoms. The van der Waals surface area contributed by atoms with Crippen LogP contribution in [0.4, 0.5) is 0 Å². The topological polar surface area (TPSA) is 52.8 Å². The quantitative estimate of drug-likeness (QED) is 0.267. The van der Waals surface area contributed by atoms with Gasteiger partial charge in [0.1, 0.15) is 48.4 Å². The smallest absolute Gasteiger partial charge is 0.132 e. The molecule has 0 bridgehead atoms. The molecule has 5 nitrogen and oxygen atoms in total. The summed E-state index contributed by atoms with van der Waals surface area (Å²) in [5, 5.41) is 0. The Labute approximate surface area is 210 Å². The van der Waals surface area contributed by atoms with Gasteiger partial charge in [-0.1, -0.05) is 60.7 Å². The number of epoxide rings is 2. The van der Waals surface area contributed by atoms with Gasteiger partial charge < -0.3 is 23.7 Å². The highest BCUT2D eigenvalue weighted by Crippen LogP contribution is 2.55.